The molecule has 2 heterocycles. The predicted octanol–water partition coefficient (Wildman–Crippen LogP) is 1.81. The Labute approximate surface area is 131 Å². The van der Waals surface area contributed by atoms with Crippen molar-refractivity contribution in [1.29, 1.82) is 0 Å². The number of rotatable bonds is 5. The smallest absolute Gasteiger partial charge is 0.0645 e. The number of likely N-dealkylation sites (tertiary alicyclic amines) is 1. The maximum Gasteiger partial charge on any atom is 0.0645 e. The number of hydrogen-bond acceptors (Lipinski definition) is 4. The molecule has 22 heavy (non-hydrogen) atoms. The Morgan fingerprint density at radius 3 is 2.77 bits per heavy atom. The number of piperidine rings is 1. The van der Waals surface area contributed by atoms with E-state index >= 15 is 0 Å². The van der Waals surface area contributed by atoms with E-state index in [4.69, 9.17) is 10.5 Å². The minimum absolute atomic E-state index is 0.354. The summed E-state index contributed by atoms with van der Waals surface area (Å²) in [5.41, 5.74) is 8.34. The maximum atomic E-state index is 5.94. The lowest BCUT2D eigenvalue weighted by molar-refractivity contribution is 0.0102. The zero-order valence-corrected chi connectivity index (χ0v) is 13.1. The average molecular weight is 300 g/mol. The molecule has 0 bridgehead atoms. The van der Waals surface area contributed by atoms with Gasteiger partial charge in [0.1, 0.15) is 0 Å². The highest BCUT2D eigenvalue weighted by Gasteiger charge is 2.27. The van der Waals surface area contributed by atoms with Crippen molar-refractivity contribution in [2.24, 2.45) is 5.73 Å². The molecule has 0 radical (unpaired) electrons. The molecular weight excluding hydrogens is 276 g/mol. The van der Waals surface area contributed by atoms with Crippen molar-refractivity contribution >= 4 is 0 Å². The molecule has 1 saturated heterocycles. The highest BCUT2D eigenvalue weighted by Crippen LogP contribution is 2.21. The maximum absolute atomic E-state index is 5.94. The number of nitrogens with two attached hydrogens (primary N) is 1. The molecule has 118 valence electrons. The minimum Gasteiger partial charge on any atom is -0.381 e. The summed E-state index contributed by atoms with van der Waals surface area (Å²) in [6.45, 7) is 2.67. The Morgan fingerprint density at radius 2 is 2.14 bits per heavy atom. The van der Waals surface area contributed by atoms with Gasteiger partial charge >= 0.3 is 0 Å². The fourth-order valence-corrected chi connectivity index (χ4v) is 3.14. The van der Waals surface area contributed by atoms with Crippen LogP contribution in [0.15, 0.2) is 42.7 Å². The molecule has 2 N–H and O–H groups in total. The first-order valence-corrected chi connectivity index (χ1v) is 7.86. The van der Waals surface area contributed by atoms with Gasteiger partial charge in [0.15, 0.2) is 0 Å². The first-order chi connectivity index (χ1) is 10.8. The SMILES string of the molecule is COC1CCN(Cc2ccc(-n3cccn3)cc2)C(CN)C1. The predicted molar refractivity (Wildman–Crippen MR) is 86.8 cm³/mol. The molecule has 1 aromatic heterocycles. The van der Waals surface area contributed by atoms with Gasteiger partial charge in [0.2, 0.25) is 0 Å². The number of ether oxygens (including phenoxy) is 1. The summed E-state index contributed by atoms with van der Waals surface area (Å²) < 4.78 is 7.36. The summed E-state index contributed by atoms with van der Waals surface area (Å²) in [5.74, 6) is 0. The van der Waals surface area contributed by atoms with Crippen LogP contribution in [0.25, 0.3) is 5.69 Å². The Kier molecular flexibility index (Phi) is 4.87. The lowest BCUT2D eigenvalue weighted by Gasteiger charge is -2.38. The molecule has 0 aliphatic carbocycles. The second kappa shape index (κ2) is 7.05. The normalized spacial score (nSPS) is 22.8. The standard InChI is InChI=1S/C17H24N4O/c1-22-17-7-10-20(16(11-17)12-18)13-14-3-5-15(6-4-14)21-9-2-8-19-21/h2-6,8-9,16-17H,7,10-13,18H2,1H3. The van der Waals surface area contributed by atoms with Gasteiger partial charge in [0.05, 0.1) is 11.8 Å². The molecule has 0 amide bonds. The molecule has 2 aromatic rings. The Morgan fingerprint density at radius 1 is 1.32 bits per heavy atom. The Balaban J connectivity index is 1.65. The van der Waals surface area contributed by atoms with Crippen LogP contribution in [0.2, 0.25) is 0 Å². The summed E-state index contributed by atoms with van der Waals surface area (Å²) >= 11 is 0. The van der Waals surface area contributed by atoms with Crippen molar-refractivity contribution in [2.45, 2.75) is 31.5 Å². The van der Waals surface area contributed by atoms with Crippen molar-refractivity contribution < 1.29 is 4.74 Å². The van der Waals surface area contributed by atoms with Crippen LogP contribution in [0.4, 0.5) is 0 Å². The van der Waals surface area contributed by atoms with Crippen LogP contribution < -0.4 is 5.73 Å². The molecule has 0 saturated carbocycles. The van der Waals surface area contributed by atoms with E-state index in [2.05, 4.69) is 34.3 Å². The van der Waals surface area contributed by atoms with Crippen LogP contribution in [-0.4, -0.2) is 47.0 Å². The van der Waals surface area contributed by atoms with Gasteiger partial charge in [0.25, 0.3) is 0 Å². The third-order valence-corrected chi connectivity index (χ3v) is 4.49. The first kappa shape index (κ1) is 15.2. The third kappa shape index (κ3) is 3.38. The summed E-state index contributed by atoms with van der Waals surface area (Å²) in [7, 11) is 1.79. The van der Waals surface area contributed by atoms with Gasteiger partial charge in [-0.05, 0) is 36.6 Å². The lowest BCUT2D eigenvalue weighted by atomic mass is 9.98. The summed E-state index contributed by atoms with van der Waals surface area (Å²) in [6.07, 6.45) is 6.21. The molecular formula is C17H24N4O. The fraction of sp³-hybridized carbons (Fsp3) is 0.471. The molecule has 1 aliphatic heterocycles. The highest BCUT2D eigenvalue weighted by atomic mass is 16.5. The monoisotopic (exact) mass is 300 g/mol. The quantitative estimate of drug-likeness (QED) is 0.915. The number of hydrogen-bond donors (Lipinski definition) is 1. The van der Waals surface area contributed by atoms with Crippen molar-refractivity contribution in [1.82, 2.24) is 14.7 Å². The van der Waals surface area contributed by atoms with E-state index in [-0.39, 0.29) is 0 Å². The molecule has 1 fully saturated rings. The molecule has 0 spiro atoms. The summed E-state index contributed by atoms with van der Waals surface area (Å²) in [4.78, 5) is 2.47. The second-order valence-electron chi connectivity index (χ2n) is 5.86. The van der Waals surface area contributed by atoms with E-state index in [1.165, 1.54) is 5.56 Å². The lowest BCUT2D eigenvalue weighted by Crippen LogP contribution is -2.47. The fourth-order valence-electron chi connectivity index (χ4n) is 3.14. The van der Waals surface area contributed by atoms with E-state index in [1.807, 2.05) is 16.9 Å². The van der Waals surface area contributed by atoms with Crippen LogP contribution >= 0.6 is 0 Å². The van der Waals surface area contributed by atoms with E-state index in [9.17, 15) is 0 Å². The van der Waals surface area contributed by atoms with E-state index < -0.39 is 0 Å². The van der Waals surface area contributed by atoms with Crippen molar-refractivity contribution in [2.75, 3.05) is 20.2 Å². The number of benzene rings is 1. The van der Waals surface area contributed by atoms with Crippen molar-refractivity contribution in [3.63, 3.8) is 0 Å². The number of nitrogens with zero attached hydrogens (tertiary/aromatic N) is 3. The van der Waals surface area contributed by atoms with E-state index in [0.717, 1.165) is 31.6 Å². The summed E-state index contributed by atoms with van der Waals surface area (Å²) in [5, 5.41) is 4.25. The molecule has 5 nitrogen and oxygen atoms in total. The van der Waals surface area contributed by atoms with Crippen LogP contribution in [0.3, 0.4) is 0 Å². The van der Waals surface area contributed by atoms with Crippen LogP contribution in [0, 0.1) is 0 Å². The molecule has 5 heteroatoms. The van der Waals surface area contributed by atoms with Gasteiger partial charge < -0.3 is 10.5 Å². The first-order valence-electron chi connectivity index (χ1n) is 7.86. The zero-order valence-electron chi connectivity index (χ0n) is 13.1. The molecule has 3 rings (SSSR count). The molecule has 1 aromatic carbocycles. The largest absolute Gasteiger partial charge is 0.381 e. The van der Waals surface area contributed by atoms with E-state index in [0.29, 0.717) is 18.7 Å². The van der Waals surface area contributed by atoms with Crippen LogP contribution in [-0.2, 0) is 11.3 Å². The molecule has 2 unspecified atom stereocenters. The highest BCUT2D eigenvalue weighted by molar-refractivity contribution is 5.33. The van der Waals surface area contributed by atoms with Crippen LogP contribution in [0.1, 0.15) is 18.4 Å². The van der Waals surface area contributed by atoms with Crippen molar-refractivity contribution in [3.8, 4) is 5.69 Å². The van der Waals surface area contributed by atoms with Gasteiger partial charge in [-0.2, -0.15) is 5.10 Å². The van der Waals surface area contributed by atoms with Gasteiger partial charge in [-0.3, -0.25) is 4.90 Å². The number of aromatic nitrogens is 2. The molecule has 1 aliphatic rings. The topological polar surface area (TPSA) is 56.3 Å². The van der Waals surface area contributed by atoms with Gasteiger partial charge in [0, 0.05) is 45.2 Å². The van der Waals surface area contributed by atoms with Gasteiger partial charge in [-0.1, -0.05) is 12.1 Å². The summed E-state index contributed by atoms with van der Waals surface area (Å²) in [6, 6.07) is 10.9. The Hall–Kier alpha value is -1.69. The average Bonchev–Trinajstić information content (AvgIpc) is 3.10. The van der Waals surface area contributed by atoms with Gasteiger partial charge in [-0.25, -0.2) is 4.68 Å². The van der Waals surface area contributed by atoms with Crippen LogP contribution in [0.5, 0.6) is 0 Å². The van der Waals surface area contributed by atoms with E-state index in [1.54, 1.807) is 13.3 Å². The molecule has 2 atom stereocenters. The Bertz CT molecular complexity index is 567. The second-order valence-corrected chi connectivity index (χ2v) is 5.86. The zero-order chi connectivity index (χ0) is 15.4. The minimum atomic E-state index is 0.354. The van der Waals surface area contributed by atoms with Crippen molar-refractivity contribution in [3.05, 3.63) is 48.3 Å². The van der Waals surface area contributed by atoms with Gasteiger partial charge in [-0.15, -0.1) is 0 Å². The number of methoxy groups -OCH3 is 1. The third-order valence-electron chi connectivity index (χ3n) is 4.49.